The van der Waals surface area contributed by atoms with Gasteiger partial charge in [-0.25, -0.2) is 4.39 Å². The van der Waals surface area contributed by atoms with Crippen LogP contribution in [0.25, 0.3) is 0 Å². The number of anilines is 4. The second-order valence-electron chi connectivity index (χ2n) is 5.31. The number of hydrogen-bond donors (Lipinski definition) is 2. The van der Waals surface area contributed by atoms with Gasteiger partial charge in [-0.05, 0) is 12.1 Å². The van der Waals surface area contributed by atoms with Crippen molar-refractivity contribution in [2.24, 2.45) is 0 Å². The lowest BCUT2D eigenvalue weighted by Gasteiger charge is -2.14. The van der Waals surface area contributed by atoms with Crippen LogP contribution in [0.5, 0.6) is 17.2 Å². The molecule has 2 aromatic carbocycles. The number of benzene rings is 2. The van der Waals surface area contributed by atoms with E-state index >= 15 is 0 Å². The van der Waals surface area contributed by atoms with Crippen LogP contribution in [0.2, 0.25) is 0 Å². The van der Waals surface area contributed by atoms with Crippen molar-refractivity contribution >= 4 is 23.1 Å². The molecule has 0 aliphatic heterocycles. The third kappa shape index (κ3) is 4.14. The number of halogens is 1. The van der Waals surface area contributed by atoms with Gasteiger partial charge in [0.1, 0.15) is 5.82 Å². The molecular formula is C18H18FN5O3. The number of nitrogens with zero attached hydrogens (tertiary/aromatic N) is 3. The molecule has 1 aromatic heterocycles. The van der Waals surface area contributed by atoms with Crippen LogP contribution in [-0.4, -0.2) is 36.5 Å². The van der Waals surface area contributed by atoms with E-state index < -0.39 is 5.82 Å². The van der Waals surface area contributed by atoms with Gasteiger partial charge in [-0.3, -0.25) is 0 Å². The Kier molecular flexibility index (Phi) is 5.50. The molecule has 0 aliphatic rings. The normalized spacial score (nSPS) is 10.2. The van der Waals surface area contributed by atoms with Crippen molar-refractivity contribution < 1.29 is 18.6 Å². The van der Waals surface area contributed by atoms with E-state index in [2.05, 4.69) is 25.8 Å². The van der Waals surface area contributed by atoms with Crippen molar-refractivity contribution in [3.05, 3.63) is 48.4 Å². The minimum Gasteiger partial charge on any atom is -0.493 e. The van der Waals surface area contributed by atoms with Crippen LogP contribution in [0.15, 0.2) is 42.6 Å². The summed E-state index contributed by atoms with van der Waals surface area (Å²) in [6, 6.07) is 9.70. The molecule has 27 heavy (non-hydrogen) atoms. The maximum atomic E-state index is 13.8. The number of methoxy groups -OCH3 is 3. The van der Waals surface area contributed by atoms with E-state index in [0.717, 1.165) is 0 Å². The molecule has 3 rings (SSSR count). The van der Waals surface area contributed by atoms with Gasteiger partial charge >= 0.3 is 0 Å². The Hall–Kier alpha value is -3.62. The first kappa shape index (κ1) is 18.2. The van der Waals surface area contributed by atoms with E-state index in [0.29, 0.717) is 28.8 Å². The Labute approximate surface area is 155 Å². The lowest BCUT2D eigenvalue weighted by atomic mass is 10.2. The predicted molar refractivity (Wildman–Crippen MR) is 98.9 cm³/mol. The second kappa shape index (κ2) is 8.17. The molecule has 0 spiro atoms. The van der Waals surface area contributed by atoms with Gasteiger partial charge in [0, 0.05) is 17.8 Å². The highest BCUT2D eigenvalue weighted by molar-refractivity contribution is 5.66. The van der Waals surface area contributed by atoms with Crippen molar-refractivity contribution in [1.82, 2.24) is 15.2 Å². The predicted octanol–water partition coefficient (Wildman–Crippen LogP) is 3.52. The third-order valence-electron chi connectivity index (χ3n) is 3.62. The Balaban J connectivity index is 1.85. The average molecular weight is 371 g/mol. The first-order valence-electron chi connectivity index (χ1n) is 7.93. The molecule has 0 bridgehead atoms. The molecule has 0 amide bonds. The quantitative estimate of drug-likeness (QED) is 0.652. The van der Waals surface area contributed by atoms with Gasteiger partial charge in [-0.15, -0.1) is 5.10 Å². The summed E-state index contributed by atoms with van der Waals surface area (Å²) >= 11 is 0. The lowest BCUT2D eigenvalue weighted by Crippen LogP contribution is -2.04. The fourth-order valence-corrected chi connectivity index (χ4v) is 2.40. The largest absolute Gasteiger partial charge is 0.493 e. The molecule has 9 heteroatoms. The summed E-state index contributed by atoms with van der Waals surface area (Å²) in [4.78, 5) is 4.28. The van der Waals surface area contributed by atoms with Crippen LogP contribution in [0.1, 0.15) is 0 Å². The Morgan fingerprint density at radius 3 is 2.26 bits per heavy atom. The van der Waals surface area contributed by atoms with Gasteiger partial charge < -0.3 is 24.8 Å². The first-order chi connectivity index (χ1) is 13.1. The SMILES string of the molecule is COc1cc(Nc2nncc(Nc3ccccc3F)n2)cc(OC)c1OC. The molecule has 1 heterocycles. The van der Waals surface area contributed by atoms with Crippen molar-refractivity contribution in [1.29, 1.82) is 0 Å². The molecule has 0 radical (unpaired) electrons. The minimum absolute atomic E-state index is 0.214. The Morgan fingerprint density at radius 2 is 1.63 bits per heavy atom. The maximum absolute atomic E-state index is 13.8. The van der Waals surface area contributed by atoms with E-state index in [1.54, 1.807) is 30.3 Å². The van der Waals surface area contributed by atoms with E-state index in [1.807, 2.05) is 0 Å². The van der Waals surface area contributed by atoms with Gasteiger partial charge in [0.25, 0.3) is 0 Å². The summed E-state index contributed by atoms with van der Waals surface area (Å²) < 4.78 is 29.7. The summed E-state index contributed by atoms with van der Waals surface area (Å²) in [6.45, 7) is 0. The summed E-state index contributed by atoms with van der Waals surface area (Å²) in [5.74, 6) is 1.59. The molecule has 0 atom stereocenters. The smallest absolute Gasteiger partial charge is 0.249 e. The third-order valence-corrected chi connectivity index (χ3v) is 3.62. The van der Waals surface area contributed by atoms with Gasteiger partial charge in [-0.1, -0.05) is 12.1 Å². The molecule has 140 valence electrons. The van der Waals surface area contributed by atoms with Gasteiger partial charge in [-0.2, -0.15) is 10.1 Å². The van der Waals surface area contributed by atoms with E-state index in [4.69, 9.17) is 14.2 Å². The first-order valence-corrected chi connectivity index (χ1v) is 7.93. The zero-order valence-corrected chi connectivity index (χ0v) is 15.0. The molecule has 0 saturated carbocycles. The number of nitrogens with one attached hydrogen (secondary N) is 2. The number of para-hydroxylation sites is 1. The Bertz CT molecular complexity index is 913. The van der Waals surface area contributed by atoms with Crippen LogP contribution in [0.4, 0.5) is 27.5 Å². The number of ether oxygens (including phenoxy) is 3. The highest BCUT2D eigenvalue weighted by Crippen LogP contribution is 2.40. The summed E-state index contributed by atoms with van der Waals surface area (Å²) in [5, 5.41) is 13.7. The van der Waals surface area contributed by atoms with Crippen molar-refractivity contribution in [2.45, 2.75) is 0 Å². The highest BCUT2D eigenvalue weighted by Gasteiger charge is 2.14. The molecule has 0 saturated heterocycles. The summed E-state index contributed by atoms with van der Waals surface area (Å²) in [5.41, 5.74) is 0.895. The number of hydrogen-bond acceptors (Lipinski definition) is 8. The topological polar surface area (TPSA) is 90.4 Å². The molecule has 0 fully saturated rings. The molecule has 2 N–H and O–H groups in total. The van der Waals surface area contributed by atoms with E-state index in [1.165, 1.54) is 33.6 Å². The zero-order chi connectivity index (χ0) is 19.2. The summed E-state index contributed by atoms with van der Waals surface area (Å²) in [7, 11) is 4.58. The summed E-state index contributed by atoms with van der Waals surface area (Å²) in [6.07, 6.45) is 1.40. The molecule has 0 unspecified atom stereocenters. The Morgan fingerprint density at radius 1 is 0.926 bits per heavy atom. The van der Waals surface area contributed by atoms with E-state index in [9.17, 15) is 4.39 Å². The maximum Gasteiger partial charge on any atom is 0.249 e. The minimum atomic E-state index is -0.393. The van der Waals surface area contributed by atoms with Crippen molar-refractivity contribution in [2.75, 3.05) is 32.0 Å². The lowest BCUT2D eigenvalue weighted by molar-refractivity contribution is 0.324. The van der Waals surface area contributed by atoms with Crippen LogP contribution in [0.3, 0.4) is 0 Å². The van der Waals surface area contributed by atoms with Gasteiger partial charge in [0.2, 0.25) is 11.7 Å². The monoisotopic (exact) mass is 371 g/mol. The van der Waals surface area contributed by atoms with Crippen molar-refractivity contribution in [3.8, 4) is 17.2 Å². The average Bonchev–Trinajstić information content (AvgIpc) is 2.69. The van der Waals surface area contributed by atoms with Crippen LogP contribution < -0.4 is 24.8 Å². The fraction of sp³-hybridized carbons (Fsp3) is 0.167. The van der Waals surface area contributed by atoms with Gasteiger partial charge in [0.05, 0.1) is 33.2 Å². The van der Waals surface area contributed by atoms with Crippen LogP contribution in [-0.2, 0) is 0 Å². The molecule has 3 aromatic rings. The van der Waals surface area contributed by atoms with E-state index in [-0.39, 0.29) is 11.6 Å². The standard InChI is InChI=1S/C18H18FN5O3/c1-25-14-8-11(9-15(26-2)17(14)27-3)21-18-23-16(10-20-24-18)22-13-7-5-4-6-12(13)19/h4-10H,1-3H3,(H2,21,22,23,24). The van der Waals surface area contributed by atoms with Crippen molar-refractivity contribution in [3.63, 3.8) is 0 Å². The van der Waals surface area contributed by atoms with Crippen LogP contribution >= 0.6 is 0 Å². The zero-order valence-electron chi connectivity index (χ0n) is 15.0. The van der Waals surface area contributed by atoms with Crippen LogP contribution in [0, 0.1) is 5.82 Å². The fourth-order valence-electron chi connectivity index (χ4n) is 2.40. The second-order valence-corrected chi connectivity index (χ2v) is 5.31. The number of rotatable bonds is 7. The number of aromatic nitrogens is 3. The molecule has 0 aliphatic carbocycles. The van der Waals surface area contributed by atoms with Gasteiger partial charge in [0.15, 0.2) is 17.3 Å². The molecular weight excluding hydrogens is 353 g/mol. The highest BCUT2D eigenvalue weighted by atomic mass is 19.1. The molecule has 8 nitrogen and oxygen atoms in total.